The minimum atomic E-state index is -0.586. The van der Waals surface area contributed by atoms with Crippen LogP contribution in [-0.2, 0) is 9.53 Å². The summed E-state index contributed by atoms with van der Waals surface area (Å²) in [5, 5.41) is 0.660. The molecule has 0 saturated carbocycles. The second kappa shape index (κ2) is 9.24. The van der Waals surface area contributed by atoms with E-state index in [0.717, 1.165) is 27.8 Å². The maximum Gasteiger partial charge on any atom is 0.344 e. The van der Waals surface area contributed by atoms with Crippen molar-refractivity contribution in [2.75, 3.05) is 13.2 Å². The third-order valence-electron chi connectivity index (χ3n) is 4.76. The largest absolute Gasteiger partial charge is 0.482 e. The van der Waals surface area contributed by atoms with Crippen molar-refractivity contribution >= 4 is 23.4 Å². The molecule has 0 aromatic heterocycles. The minimum Gasteiger partial charge on any atom is -0.482 e. The lowest BCUT2D eigenvalue weighted by molar-refractivity contribution is -0.144. The fourth-order valence-corrected chi connectivity index (χ4v) is 3.08. The Balaban J connectivity index is 1.98. The van der Waals surface area contributed by atoms with Crippen LogP contribution < -0.4 is 4.74 Å². The zero-order valence-corrected chi connectivity index (χ0v) is 18.1. The maximum atomic E-state index is 12.4. The molecule has 0 fully saturated rings. The summed E-state index contributed by atoms with van der Waals surface area (Å²) in [6.45, 7) is 11.2. The first-order chi connectivity index (χ1) is 13.1. The van der Waals surface area contributed by atoms with Crippen LogP contribution in [0.2, 0.25) is 5.02 Å². The molecule has 0 spiro atoms. The molecular formula is C23H27ClO4. The summed E-state index contributed by atoms with van der Waals surface area (Å²) in [4.78, 5) is 24.5. The Kier molecular flexibility index (Phi) is 7.25. The number of ketones is 1. The fourth-order valence-electron chi connectivity index (χ4n) is 2.91. The van der Waals surface area contributed by atoms with Gasteiger partial charge in [-0.05, 0) is 79.6 Å². The molecule has 0 aliphatic carbocycles. The van der Waals surface area contributed by atoms with Crippen LogP contribution in [0.1, 0.15) is 57.9 Å². The highest BCUT2D eigenvalue weighted by Crippen LogP contribution is 2.32. The summed E-state index contributed by atoms with van der Waals surface area (Å²) in [5.41, 5.74) is 5.40. The van der Waals surface area contributed by atoms with Crippen LogP contribution in [0, 0.1) is 27.7 Å². The third-order valence-corrected chi connectivity index (χ3v) is 5.17. The number of rotatable bonds is 7. The average Bonchev–Trinajstić information content (AvgIpc) is 2.63. The first kappa shape index (κ1) is 22.0. The number of halogens is 1. The number of carbonyl (C=O) groups is 2. The number of benzene rings is 2. The average molecular weight is 403 g/mol. The van der Waals surface area contributed by atoms with E-state index < -0.39 is 5.97 Å². The van der Waals surface area contributed by atoms with E-state index in [4.69, 9.17) is 21.1 Å². The van der Waals surface area contributed by atoms with Crippen LogP contribution in [0.25, 0.3) is 0 Å². The maximum absolute atomic E-state index is 12.4. The Morgan fingerprint density at radius 2 is 1.54 bits per heavy atom. The molecule has 28 heavy (non-hydrogen) atoms. The van der Waals surface area contributed by atoms with Gasteiger partial charge in [0.15, 0.2) is 13.2 Å². The minimum absolute atomic E-state index is 0.193. The van der Waals surface area contributed by atoms with Crippen molar-refractivity contribution in [1.82, 2.24) is 0 Å². The van der Waals surface area contributed by atoms with Crippen molar-refractivity contribution in [3.8, 4) is 5.75 Å². The molecule has 2 aromatic carbocycles. The molecule has 150 valence electrons. The predicted molar refractivity (Wildman–Crippen MR) is 112 cm³/mol. The summed E-state index contributed by atoms with van der Waals surface area (Å²) in [6, 6.07) is 7.47. The second-order valence-electron chi connectivity index (χ2n) is 7.42. The number of Topliss-reactive ketones (excluding diaryl/α,β-unsaturated/α-hetero) is 1. The summed E-state index contributed by atoms with van der Waals surface area (Å²) in [5.74, 6) is -0.0140. The lowest BCUT2D eigenvalue weighted by Crippen LogP contribution is -2.20. The van der Waals surface area contributed by atoms with E-state index in [1.165, 1.54) is 0 Å². The third kappa shape index (κ3) is 5.35. The Morgan fingerprint density at radius 1 is 0.893 bits per heavy atom. The van der Waals surface area contributed by atoms with Gasteiger partial charge in [0.25, 0.3) is 0 Å². The molecule has 0 radical (unpaired) electrons. The molecule has 4 nitrogen and oxygen atoms in total. The van der Waals surface area contributed by atoms with Crippen molar-refractivity contribution in [2.45, 2.75) is 47.5 Å². The Hall–Kier alpha value is -2.33. The SMILES string of the molecule is Cc1cc(C)c(C(=O)COC(=O)COc2cc(C)c(Cl)cc2C(C)C)cc1C. The number of ether oxygens (including phenoxy) is 2. The number of esters is 1. The Labute approximate surface area is 171 Å². The lowest BCUT2D eigenvalue weighted by atomic mass is 9.98. The van der Waals surface area contributed by atoms with Gasteiger partial charge in [-0.2, -0.15) is 0 Å². The summed E-state index contributed by atoms with van der Waals surface area (Å²) < 4.78 is 10.8. The van der Waals surface area contributed by atoms with Gasteiger partial charge in [-0.25, -0.2) is 4.79 Å². The van der Waals surface area contributed by atoms with Crippen molar-refractivity contribution in [2.24, 2.45) is 0 Å². The van der Waals surface area contributed by atoms with E-state index >= 15 is 0 Å². The molecule has 0 bridgehead atoms. The van der Waals surface area contributed by atoms with Crippen LogP contribution in [0.5, 0.6) is 5.75 Å². The quantitative estimate of drug-likeness (QED) is 0.453. The Morgan fingerprint density at radius 3 is 2.18 bits per heavy atom. The van der Waals surface area contributed by atoms with Gasteiger partial charge in [0.05, 0.1) is 0 Å². The Bertz CT molecular complexity index is 900. The van der Waals surface area contributed by atoms with E-state index in [1.807, 2.05) is 65.8 Å². The van der Waals surface area contributed by atoms with Gasteiger partial charge in [-0.1, -0.05) is 31.5 Å². The van der Waals surface area contributed by atoms with Gasteiger partial charge in [0.1, 0.15) is 5.75 Å². The van der Waals surface area contributed by atoms with Crippen LogP contribution >= 0.6 is 11.6 Å². The van der Waals surface area contributed by atoms with Crippen molar-refractivity contribution in [3.05, 3.63) is 62.7 Å². The highest BCUT2D eigenvalue weighted by atomic mass is 35.5. The molecule has 2 rings (SSSR count). The van der Waals surface area contributed by atoms with Crippen LogP contribution in [0.4, 0.5) is 0 Å². The van der Waals surface area contributed by atoms with Crippen LogP contribution in [0.3, 0.4) is 0 Å². The van der Waals surface area contributed by atoms with Gasteiger partial charge in [-0.15, -0.1) is 0 Å². The first-order valence-corrected chi connectivity index (χ1v) is 9.67. The number of aryl methyl sites for hydroxylation is 4. The predicted octanol–water partition coefficient (Wildman–Crippen LogP) is 5.50. The van der Waals surface area contributed by atoms with Gasteiger partial charge < -0.3 is 9.47 Å². The van der Waals surface area contributed by atoms with Crippen LogP contribution in [0.15, 0.2) is 24.3 Å². The molecule has 0 heterocycles. The van der Waals surface area contributed by atoms with Gasteiger partial charge >= 0.3 is 5.97 Å². The number of carbonyl (C=O) groups excluding carboxylic acids is 2. The van der Waals surface area contributed by atoms with Crippen molar-refractivity contribution in [3.63, 3.8) is 0 Å². The number of hydrogen-bond acceptors (Lipinski definition) is 4. The molecule has 0 aliphatic heterocycles. The normalized spacial score (nSPS) is 10.9. The molecule has 5 heteroatoms. The highest BCUT2D eigenvalue weighted by Gasteiger charge is 2.16. The second-order valence-corrected chi connectivity index (χ2v) is 7.83. The molecule has 0 aliphatic rings. The van der Waals surface area contributed by atoms with Crippen molar-refractivity contribution in [1.29, 1.82) is 0 Å². The molecule has 0 unspecified atom stereocenters. The zero-order chi connectivity index (χ0) is 21.0. The van der Waals surface area contributed by atoms with Gasteiger partial charge in [-0.3, -0.25) is 4.79 Å². The molecule has 0 N–H and O–H groups in total. The summed E-state index contributed by atoms with van der Waals surface area (Å²) in [6.07, 6.45) is 0. The summed E-state index contributed by atoms with van der Waals surface area (Å²) in [7, 11) is 0. The lowest BCUT2D eigenvalue weighted by Gasteiger charge is -2.15. The van der Waals surface area contributed by atoms with E-state index in [2.05, 4.69) is 0 Å². The highest BCUT2D eigenvalue weighted by molar-refractivity contribution is 6.31. The first-order valence-electron chi connectivity index (χ1n) is 9.29. The van der Waals surface area contributed by atoms with E-state index in [-0.39, 0.29) is 24.9 Å². The van der Waals surface area contributed by atoms with Gasteiger partial charge in [0.2, 0.25) is 5.78 Å². The molecule has 0 amide bonds. The molecule has 0 atom stereocenters. The monoisotopic (exact) mass is 402 g/mol. The zero-order valence-electron chi connectivity index (χ0n) is 17.3. The van der Waals surface area contributed by atoms with Gasteiger partial charge in [0, 0.05) is 10.6 Å². The number of hydrogen-bond donors (Lipinski definition) is 0. The van der Waals surface area contributed by atoms with Crippen LogP contribution in [-0.4, -0.2) is 25.0 Å². The molecular weight excluding hydrogens is 376 g/mol. The van der Waals surface area contributed by atoms with Crippen molar-refractivity contribution < 1.29 is 19.1 Å². The summed E-state index contributed by atoms with van der Waals surface area (Å²) >= 11 is 6.18. The van der Waals surface area contributed by atoms with E-state index in [0.29, 0.717) is 16.3 Å². The molecule has 0 saturated heterocycles. The topological polar surface area (TPSA) is 52.6 Å². The standard InChI is InChI=1S/C23H27ClO4/c1-13(2)18-10-20(24)17(6)9-22(18)27-12-23(26)28-11-21(25)19-8-15(4)14(3)7-16(19)5/h7-10,13H,11-12H2,1-6H3. The van der Waals surface area contributed by atoms with E-state index in [1.54, 1.807) is 0 Å². The fraction of sp³-hybridized carbons (Fsp3) is 0.391. The molecule has 2 aromatic rings. The van der Waals surface area contributed by atoms with E-state index in [9.17, 15) is 9.59 Å². The smallest absolute Gasteiger partial charge is 0.344 e.